The molecule has 0 heterocycles. The first kappa shape index (κ1) is 8.38. The average Bonchev–Trinajstić information content (AvgIpc) is 1.64. The second kappa shape index (κ2) is 2.79. The lowest BCUT2D eigenvalue weighted by atomic mass is 10.9. The quantitative estimate of drug-likeness (QED) is 0.425. The fourth-order valence-electron chi connectivity index (χ4n) is 0.192. The van der Waals surface area contributed by atoms with Gasteiger partial charge in [0.1, 0.15) is 0 Å². The molecule has 0 aliphatic heterocycles. The first-order valence-electron chi connectivity index (χ1n) is 2.12. The number of carbonyl (C=O) groups is 1. The van der Waals surface area contributed by atoms with Gasteiger partial charge in [0, 0.05) is 0 Å². The number of carbonyl (C=O) groups excluding carboxylic acids is 1. The van der Waals surface area contributed by atoms with Crippen LogP contribution in [0.5, 0.6) is 0 Å². The van der Waals surface area contributed by atoms with Gasteiger partial charge in [-0.05, 0) is 6.92 Å². The molecule has 0 rings (SSSR count). The van der Waals surface area contributed by atoms with Crippen molar-refractivity contribution >= 4 is 15.4 Å². The Labute approximate surface area is 52.4 Å². The first-order chi connectivity index (χ1) is 3.98. The summed E-state index contributed by atoms with van der Waals surface area (Å²) < 4.78 is 31.4. The molecule has 0 aliphatic carbocycles. The molecule has 9 heavy (non-hydrogen) atoms. The number of rotatable bonds is 1. The van der Waals surface area contributed by atoms with E-state index < -0.39 is 15.4 Å². The molecule has 54 valence electrons. The third kappa shape index (κ3) is 3.04. The van der Waals surface area contributed by atoms with Crippen molar-refractivity contribution < 1.29 is 22.5 Å². The summed E-state index contributed by atoms with van der Waals surface area (Å²) >= 11 is 0. The Balaban J connectivity index is 4.08. The van der Waals surface area contributed by atoms with E-state index in [1.54, 1.807) is 0 Å². The first-order valence-corrected chi connectivity index (χ1v) is 3.56. The van der Waals surface area contributed by atoms with Gasteiger partial charge in [-0.1, -0.05) is 0 Å². The van der Waals surface area contributed by atoms with Gasteiger partial charge < -0.3 is 4.74 Å². The third-order valence-corrected chi connectivity index (χ3v) is 1.01. The highest BCUT2D eigenvalue weighted by Gasteiger charge is 2.18. The van der Waals surface area contributed by atoms with Crippen molar-refractivity contribution in [2.45, 2.75) is 6.92 Å². The van der Waals surface area contributed by atoms with Crippen molar-refractivity contribution in [3.8, 4) is 0 Å². The standard InChI is InChI=1S/C3H6O5S/c1-2-8-3(4)9(5,6)7/h2H2,1H3,(H,5,6,7). The van der Waals surface area contributed by atoms with Gasteiger partial charge in [0.2, 0.25) is 0 Å². The molecular weight excluding hydrogens is 148 g/mol. The second-order valence-electron chi connectivity index (χ2n) is 1.16. The molecule has 0 aromatic rings. The summed E-state index contributed by atoms with van der Waals surface area (Å²) in [6.07, 6.45) is 0. The molecule has 1 N–H and O–H groups in total. The molecule has 0 aromatic heterocycles. The normalized spacial score (nSPS) is 10.9. The molecule has 0 amide bonds. The minimum Gasteiger partial charge on any atom is -0.453 e. The topological polar surface area (TPSA) is 80.7 Å². The van der Waals surface area contributed by atoms with Gasteiger partial charge in [-0.3, -0.25) is 4.55 Å². The largest absolute Gasteiger partial charge is 0.453 e. The Kier molecular flexibility index (Phi) is 2.60. The van der Waals surface area contributed by atoms with Gasteiger partial charge in [0.05, 0.1) is 6.61 Å². The summed E-state index contributed by atoms with van der Waals surface area (Å²) in [5.41, 5.74) is 0. The van der Waals surface area contributed by atoms with Gasteiger partial charge >= 0.3 is 15.4 Å². The summed E-state index contributed by atoms with van der Waals surface area (Å²) in [5.74, 6) is 0. The zero-order valence-corrected chi connectivity index (χ0v) is 5.51. The van der Waals surface area contributed by atoms with Crippen LogP contribution in [0, 0.1) is 0 Å². The van der Waals surface area contributed by atoms with E-state index in [0.717, 1.165) is 0 Å². The van der Waals surface area contributed by atoms with Crippen LogP contribution in [0.25, 0.3) is 0 Å². The van der Waals surface area contributed by atoms with Crippen molar-refractivity contribution in [3.05, 3.63) is 0 Å². The van der Waals surface area contributed by atoms with Crippen LogP contribution >= 0.6 is 0 Å². The molecule has 0 saturated heterocycles. The lowest BCUT2D eigenvalue weighted by Gasteiger charge is -1.94. The van der Waals surface area contributed by atoms with E-state index in [4.69, 9.17) is 4.55 Å². The van der Waals surface area contributed by atoms with E-state index in [0.29, 0.717) is 0 Å². The zero-order valence-electron chi connectivity index (χ0n) is 4.70. The van der Waals surface area contributed by atoms with E-state index in [-0.39, 0.29) is 6.61 Å². The average molecular weight is 154 g/mol. The lowest BCUT2D eigenvalue weighted by Crippen LogP contribution is -2.14. The van der Waals surface area contributed by atoms with E-state index in [9.17, 15) is 13.2 Å². The highest BCUT2D eigenvalue weighted by Crippen LogP contribution is 1.89. The summed E-state index contributed by atoms with van der Waals surface area (Å²) in [6.45, 7) is 1.36. The van der Waals surface area contributed by atoms with Crippen LogP contribution in [-0.4, -0.2) is 24.9 Å². The minimum atomic E-state index is -4.63. The summed E-state index contributed by atoms with van der Waals surface area (Å²) in [7, 11) is -4.63. The molecule has 5 nitrogen and oxygen atoms in total. The second-order valence-corrected chi connectivity index (χ2v) is 2.44. The molecular formula is C3H6O5S. The highest BCUT2D eigenvalue weighted by atomic mass is 32.2. The van der Waals surface area contributed by atoms with E-state index >= 15 is 0 Å². The Morgan fingerprint density at radius 2 is 2.11 bits per heavy atom. The maximum Gasteiger partial charge on any atom is 0.451 e. The molecule has 0 saturated carbocycles. The monoisotopic (exact) mass is 154 g/mol. The minimum absolute atomic E-state index is 0.0708. The molecule has 0 radical (unpaired) electrons. The maximum atomic E-state index is 10.0. The third-order valence-electron chi connectivity index (χ3n) is 0.473. The lowest BCUT2D eigenvalue weighted by molar-refractivity contribution is 0.175. The van der Waals surface area contributed by atoms with Gasteiger partial charge in [-0.25, -0.2) is 4.79 Å². The molecule has 0 spiro atoms. The number of ether oxygens (including phenoxy) is 1. The Morgan fingerprint density at radius 3 is 2.22 bits per heavy atom. The summed E-state index contributed by atoms with van der Waals surface area (Å²) in [5, 5.41) is -1.61. The van der Waals surface area contributed by atoms with Crippen molar-refractivity contribution in [2.24, 2.45) is 0 Å². The SMILES string of the molecule is CCOC(=O)S(=O)(=O)O. The maximum absolute atomic E-state index is 10.0. The van der Waals surface area contributed by atoms with Crippen LogP contribution in [0.1, 0.15) is 6.92 Å². The molecule has 6 heteroatoms. The zero-order chi connectivity index (χ0) is 7.49. The molecule has 0 atom stereocenters. The van der Waals surface area contributed by atoms with Crippen LogP contribution in [0.3, 0.4) is 0 Å². The smallest absolute Gasteiger partial charge is 0.451 e. The van der Waals surface area contributed by atoms with Gasteiger partial charge in [0.15, 0.2) is 0 Å². The predicted octanol–water partition coefficient (Wildman–Crippen LogP) is 0.0307. The van der Waals surface area contributed by atoms with Gasteiger partial charge in [-0.15, -0.1) is 0 Å². The Bertz CT molecular complexity index is 190. The fourth-order valence-corrected chi connectivity index (χ4v) is 0.459. The summed E-state index contributed by atoms with van der Waals surface area (Å²) in [4.78, 5) is 10.0. The van der Waals surface area contributed by atoms with Crippen molar-refractivity contribution in [1.82, 2.24) is 0 Å². The van der Waals surface area contributed by atoms with Crippen LogP contribution < -0.4 is 0 Å². The van der Waals surface area contributed by atoms with E-state index in [1.807, 2.05) is 0 Å². The molecule has 0 aliphatic rings. The Morgan fingerprint density at radius 1 is 1.67 bits per heavy atom. The molecule has 0 bridgehead atoms. The summed E-state index contributed by atoms with van der Waals surface area (Å²) in [6, 6.07) is 0. The Hall–Kier alpha value is -0.620. The van der Waals surface area contributed by atoms with E-state index in [2.05, 4.69) is 4.74 Å². The van der Waals surface area contributed by atoms with Crippen LogP contribution in [0.2, 0.25) is 0 Å². The van der Waals surface area contributed by atoms with Crippen LogP contribution in [0.15, 0.2) is 0 Å². The van der Waals surface area contributed by atoms with Crippen LogP contribution in [0.4, 0.5) is 4.79 Å². The fraction of sp³-hybridized carbons (Fsp3) is 0.667. The van der Waals surface area contributed by atoms with Crippen molar-refractivity contribution in [1.29, 1.82) is 0 Å². The highest BCUT2D eigenvalue weighted by molar-refractivity contribution is 8.00. The molecule has 0 unspecified atom stereocenters. The number of hydrogen-bond acceptors (Lipinski definition) is 4. The van der Waals surface area contributed by atoms with Gasteiger partial charge in [-0.2, -0.15) is 8.42 Å². The predicted molar refractivity (Wildman–Crippen MR) is 28.6 cm³/mol. The van der Waals surface area contributed by atoms with Gasteiger partial charge in [0.25, 0.3) is 0 Å². The number of hydrogen-bond donors (Lipinski definition) is 1. The molecule has 0 fully saturated rings. The van der Waals surface area contributed by atoms with E-state index in [1.165, 1.54) is 6.92 Å². The molecule has 0 aromatic carbocycles. The van der Waals surface area contributed by atoms with Crippen LogP contribution in [-0.2, 0) is 14.9 Å². The van der Waals surface area contributed by atoms with Crippen molar-refractivity contribution in [2.75, 3.05) is 6.61 Å². The van der Waals surface area contributed by atoms with Crippen molar-refractivity contribution in [3.63, 3.8) is 0 Å².